The van der Waals surface area contributed by atoms with Crippen LogP contribution in [0.5, 0.6) is 0 Å². The average molecular weight is 706 g/mol. The Morgan fingerprint density at radius 1 is 1.02 bits per heavy atom. The molecule has 3 fully saturated rings. The van der Waals surface area contributed by atoms with E-state index < -0.39 is 88.8 Å². The predicted octanol–water partition coefficient (Wildman–Crippen LogP) is -0.606. The highest BCUT2D eigenvalue weighted by Crippen LogP contribution is 2.58. The monoisotopic (exact) mass is 705 g/mol. The number of nitrogens with one attached hydrogen (secondary N) is 2. The van der Waals surface area contributed by atoms with Crippen molar-refractivity contribution in [1.29, 1.82) is 0 Å². The van der Waals surface area contributed by atoms with E-state index in [1.807, 2.05) is 0 Å². The molecule has 248 valence electrons. The van der Waals surface area contributed by atoms with Crippen LogP contribution in [0.3, 0.4) is 0 Å². The second kappa shape index (κ2) is 11.6. The Morgan fingerprint density at radius 3 is 2.48 bits per heavy atom. The maximum atomic E-state index is 16.0. The second-order valence-electron chi connectivity index (χ2n) is 10.6. The molecule has 0 aliphatic carbocycles. The normalized spacial score (nSPS) is 37.1. The number of fused-ring (bicyclic) bond motifs is 5. The molecule has 4 aromatic rings. The number of aromatic nitrogens is 8. The predicted molar refractivity (Wildman–Crippen MR) is 156 cm³/mol. The standard InChI is InChI=1S/C21H26FN11O10P2S/c22-10-11-9(42-19(10)32-5-27-12-15(23)25-4-26-16(12)32)3-40-45(38,46)43-14-7(1-34)8(2-39-44(36,37)31-11)41-20(14)33-6-28-13-17(33)29-21(24)30-18(13)35/h4-11,14,19-20,34H,1-3H2,(H,38,46)(H2,23,25,26)(H2,31,36,37)(H3,24,29,30,35)/t7?,8?,9?,10?,11?,14?,19?,20?,45-/m0/s1. The number of hydrogen-bond acceptors (Lipinski definition) is 16. The first kappa shape index (κ1) is 31.5. The summed E-state index contributed by atoms with van der Waals surface area (Å²) in [6, 6.07) is -1.56. The van der Waals surface area contributed by atoms with Gasteiger partial charge in [0.1, 0.15) is 24.1 Å². The Hall–Kier alpha value is -3.08. The van der Waals surface area contributed by atoms with Crippen molar-refractivity contribution >= 4 is 60.9 Å². The van der Waals surface area contributed by atoms with Gasteiger partial charge in [0.05, 0.1) is 44.6 Å². The summed E-state index contributed by atoms with van der Waals surface area (Å²) in [5.74, 6) is -1.25. The molecule has 2 bridgehead atoms. The lowest BCUT2D eigenvalue weighted by molar-refractivity contribution is -0.0500. The zero-order valence-corrected chi connectivity index (χ0v) is 25.8. The molecule has 0 aromatic carbocycles. The molecule has 3 saturated heterocycles. The quantitative estimate of drug-likeness (QED) is 0.103. The molecule has 25 heteroatoms. The maximum Gasteiger partial charge on any atom is 0.403 e. The molecule has 0 amide bonds. The van der Waals surface area contributed by atoms with Crippen LogP contribution in [0, 0.1) is 5.92 Å². The average Bonchev–Trinajstić information content (AvgIpc) is 3.75. The number of hydrogen-bond donors (Lipinski definition) is 7. The number of anilines is 2. The van der Waals surface area contributed by atoms with Gasteiger partial charge in [0.25, 0.3) is 5.56 Å². The Bertz CT molecular complexity index is 1960. The molecule has 3 aliphatic rings. The van der Waals surface area contributed by atoms with Gasteiger partial charge in [-0.25, -0.2) is 38.5 Å². The van der Waals surface area contributed by atoms with Crippen LogP contribution in [0.15, 0.2) is 23.8 Å². The van der Waals surface area contributed by atoms with Gasteiger partial charge in [-0.3, -0.25) is 32.5 Å². The summed E-state index contributed by atoms with van der Waals surface area (Å²) in [6.07, 6.45) is -5.10. The molecule has 4 aromatic heterocycles. The minimum Gasteiger partial charge on any atom is -0.396 e. The zero-order valence-electron chi connectivity index (χ0n) is 23.1. The highest BCUT2D eigenvalue weighted by molar-refractivity contribution is 8.44. The van der Waals surface area contributed by atoms with Crippen molar-refractivity contribution in [2.24, 2.45) is 5.92 Å². The summed E-state index contributed by atoms with van der Waals surface area (Å²) >= 11 is 4.10. The molecule has 0 spiro atoms. The van der Waals surface area contributed by atoms with Crippen LogP contribution in [0.25, 0.3) is 22.3 Å². The lowest BCUT2D eigenvalue weighted by Gasteiger charge is -2.27. The van der Waals surface area contributed by atoms with Crippen LogP contribution in [-0.4, -0.2) is 99.4 Å². The third-order valence-electron chi connectivity index (χ3n) is 7.80. The van der Waals surface area contributed by atoms with E-state index in [1.54, 1.807) is 0 Å². The van der Waals surface area contributed by atoms with E-state index in [9.17, 15) is 23.9 Å². The van der Waals surface area contributed by atoms with E-state index in [1.165, 1.54) is 21.8 Å². The fraction of sp³-hybridized carbons (Fsp3) is 0.524. The Kier molecular flexibility index (Phi) is 7.92. The van der Waals surface area contributed by atoms with Gasteiger partial charge < -0.3 is 30.9 Å². The number of halogens is 1. The fourth-order valence-corrected chi connectivity index (χ4v) is 8.29. The Morgan fingerprint density at radius 2 is 1.72 bits per heavy atom. The van der Waals surface area contributed by atoms with E-state index in [2.05, 4.69) is 47.2 Å². The van der Waals surface area contributed by atoms with Crippen LogP contribution < -0.4 is 22.1 Å². The number of aliphatic hydroxyl groups excluding tert-OH is 1. The number of nitrogen functional groups attached to an aromatic ring is 2. The Labute approximate surface area is 261 Å². The minimum atomic E-state index is -4.83. The number of aromatic amines is 1. The lowest BCUT2D eigenvalue weighted by Crippen LogP contribution is -2.43. The highest BCUT2D eigenvalue weighted by Gasteiger charge is 2.53. The van der Waals surface area contributed by atoms with Gasteiger partial charge in [-0.15, -0.1) is 0 Å². The van der Waals surface area contributed by atoms with Gasteiger partial charge in [0, 0.05) is 5.92 Å². The molecule has 7 rings (SSSR count). The molecule has 10 atom stereocenters. The van der Waals surface area contributed by atoms with Crippen molar-refractivity contribution in [3.8, 4) is 0 Å². The smallest absolute Gasteiger partial charge is 0.396 e. The number of H-pyrrole nitrogens is 1. The zero-order chi connectivity index (χ0) is 32.5. The molecule has 0 radical (unpaired) electrons. The number of ether oxygens (including phenoxy) is 2. The van der Waals surface area contributed by atoms with Crippen molar-refractivity contribution < 1.29 is 46.6 Å². The SMILES string of the molecule is Nc1nc2c(ncn2C2OC3COP(=O)(O)NC4C(CO[P@](=O)(S)OC2C3CO)OC(n2cnc3c(N)ncnc32)C4F)c(=O)[nH]1. The van der Waals surface area contributed by atoms with E-state index in [-0.39, 0.29) is 34.1 Å². The van der Waals surface area contributed by atoms with Crippen molar-refractivity contribution in [3.63, 3.8) is 0 Å². The first-order valence-corrected chi connectivity index (χ1v) is 17.7. The molecular formula is C21H26FN11O10P2S. The third-order valence-corrected chi connectivity index (χ3v) is 10.5. The van der Waals surface area contributed by atoms with Crippen molar-refractivity contribution in [2.45, 2.75) is 43.0 Å². The van der Waals surface area contributed by atoms with Gasteiger partial charge in [-0.05, 0) is 0 Å². The Balaban J connectivity index is 1.22. The summed E-state index contributed by atoms with van der Waals surface area (Å²) in [5, 5.41) is 12.6. The van der Waals surface area contributed by atoms with E-state index in [4.69, 9.17) is 34.5 Å². The van der Waals surface area contributed by atoms with Crippen LogP contribution in [0.2, 0.25) is 0 Å². The number of rotatable bonds is 3. The molecule has 7 heterocycles. The molecular weight excluding hydrogens is 679 g/mol. The molecule has 21 nitrogen and oxygen atoms in total. The summed E-state index contributed by atoms with van der Waals surface area (Å²) < 4.78 is 73.9. The number of imidazole rings is 2. The number of nitrogens with zero attached hydrogens (tertiary/aromatic N) is 7. The second-order valence-corrected chi connectivity index (χ2v) is 15.0. The van der Waals surface area contributed by atoms with Gasteiger partial charge >= 0.3 is 14.5 Å². The van der Waals surface area contributed by atoms with Crippen molar-refractivity contribution in [2.75, 3.05) is 31.3 Å². The summed E-state index contributed by atoms with van der Waals surface area (Å²) in [7, 11) is -4.83. The molecule has 46 heavy (non-hydrogen) atoms. The third kappa shape index (κ3) is 5.50. The molecule has 9 unspecified atom stereocenters. The van der Waals surface area contributed by atoms with Crippen molar-refractivity contribution in [3.05, 3.63) is 29.3 Å². The number of alkyl halides is 1. The number of thiol groups is 1. The molecule has 3 aliphatic heterocycles. The number of nitrogens with two attached hydrogens (primary N) is 2. The first-order valence-electron chi connectivity index (χ1n) is 13.5. The van der Waals surface area contributed by atoms with Crippen LogP contribution in [0.4, 0.5) is 16.2 Å². The van der Waals surface area contributed by atoms with Gasteiger partial charge in [0.15, 0.2) is 41.3 Å². The lowest BCUT2D eigenvalue weighted by atomic mass is 9.99. The van der Waals surface area contributed by atoms with E-state index in [0.717, 1.165) is 6.33 Å². The van der Waals surface area contributed by atoms with Crippen molar-refractivity contribution in [1.82, 2.24) is 44.1 Å². The fourth-order valence-electron chi connectivity index (χ4n) is 5.69. The molecule has 0 saturated carbocycles. The largest absolute Gasteiger partial charge is 0.403 e. The number of aliphatic hydroxyl groups is 1. The molecule has 8 N–H and O–H groups in total. The highest BCUT2D eigenvalue weighted by atomic mass is 32.7. The van der Waals surface area contributed by atoms with E-state index >= 15 is 4.39 Å². The summed E-state index contributed by atoms with van der Waals surface area (Å²) in [6.45, 7) is -6.34. The van der Waals surface area contributed by atoms with Crippen LogP contribution in [-0.2, 0) is 32.2 Å². The van der Waals surface area contributed by atoms with Gasteiger partial charge in [-0.2, -0.15) is 4.98 Å². The van der Waals surface area contributed by atoms with Crippen LogP contribution in [0.1, 0.15) is 12.5 Å². The summed E-state index contributed by atoms with van der Waals surface area (Å²) in [4.78, 5) is 45.6. The van der Waals surface area contributed by atoms with E-state index in [0.29, 0.717) is 0 Å². The maximum absolute atomic E-state index is 16.0. The van der Waals surface area contributed by atoms with Gasteiger partial charge in [-0.1, -0.05) is 12.2 Å². The minimum absolute atomic E-state index is 0.0358. The van der Waals surface area contributed by atoms with Gasteiger partial charge in [0.2, 0.25) is 5.95 Å². The topological polar surface area (TPSA) is 292 Å². The first-order chi connectivity index (χ1) is 21.9. The summed E-state index contributed by atoms with van der Waals surface area (Å²) in [5.41, 5.74) is 11.1. The van der Waals surface area contributed by atoms with Crippen LogP contribution >= 0.6 is 26.8 Å².